The third-order valence-electron chi connectivity index (χ3n) is 3.20. The van der Waals surface area contributed by atoms with Crippen LogP contribution in [0.3, 0.4) is 0 Å². The molecule has 0 unspecified atom stereocenters. The van der Waals surface area contributed by atoms with Gasteiger partial charge in [-0.05, 0) is 17.2 Å². The second-order valence-electron chi connectivity index (χ2n) is 5.08. The van der Waals surface area contributed by atoms with E-state index in [0.717, 1.165) is 5.56 Å². The largest absolute Gasteiger partial charge is 0.445 e. The minimum Gasteiger partial charge on any atom is -0.445 e. The molecule has 0 saturated carbocycles. The molecule has 0 saturated heterocycles. The van der Waals surface area contributed by atoms with Gasteiger partial charge in [0.05, 0.1) is 4.92 Å². The predicted molar refractivity (Wildman–Crippen MR) is 92.1 cm³/mol. The standard InChI is InChI=1S/C18H16N2O5/c21-12-16-9-15(10-17(11-16)20(23)24)7-4-8-19-18(22)25-13-14-5-2-1-3-6-14/h1-7,9-12H,8,13H2,(H,19,22). The van der Waals surface area contributed by atoms with Gasteiger partial charge >= 0.3 is 6.09 Å². The first-order valence-corrected chi connectivity index (χ1v) is 7.44. The number of hydrogen-bond acceptors (Lipinski definition) is 5. The Bertz CT molecular complexity index is 787. The van der Waals surface area contributed by atoms with E-state index in [1.165, 1.54) is 18.2 Å². The van der Waals surface area contributed by atoms with Gasteiger partial charge in [0.25, 0.3) is 5.69 Å². The van der Waals surface area contributed by atoms with Gasteiger partial charge in [-0.1, -0.05) is 42.5 Å². The Morgan fingerprint density at radius 2 is 1.88 bits per heavy atom. The van der Waals surface area contributed by atoms with Crippen LogP contribution in [0, 0.1) is 10.1 Å². The number of amides is 1. The quantitative estimate of drug-likeness (QED) is 0.473. The fraction of sp³-hybridized carbons (Fsp3) is 0.111. The molecule has 0 heterocycles. The molecule has 0 aliphatic heterocycles. The molecule has 0 aliphatic rings. The van der Waals surface area contributed by atoms with Gasteiger partial charge in [0, 0.05) is 24.2 Å². The number of rotatable bonds is 7. The second kappa shape index (κ2) is 8.97. The number of carbonyl (C=O) groups excluding carboxylic acids is 2. The number of benzene rings is 2. The van der Waals surface area contributed by atoms with E-state index in [-0.39, 0.29) is 24.4 Å². The average Bonchev–Trinajstić information content (AvgIpc) is 2.64. The van der Waals surface area contributed by atoms with Crippen molar-refractivity contribution in [1.29, 1.82) is 0 Å². The SMILES string of the molecule is O=Cc1cc(C=CCNC(=O)OCc2ccccc2)cc([N+](=O)[O-])c1. The van der Waals surface area contributed by atoms with E-state index in [1.807, 2.05) is 30.3 Å². The van der Waals surface area contributed by atoms with Crippen LogP contribution in [0.1, 0.15) is 21.5 Å². The van der Waals surface area contributed by atoms with Gasteiger partial charge in [0.2, 0.25) is 0 Å². The summed E-state index contributed by atoms with van der Waals surface area (Å²) in [5.74, 6) is 0. The summed E-state index contributed by atoms with van der Waals surface area (Å²) >= 11 is 0. The summed E-state index contributed by atoms with van der Waals surface area (Å²) in [6.45, 7) is 0.358. The van der Waals surface area contributed by atoms with E-state index < -0.39 is 11.0 Å². The van der Waals surface area contributed by atoms with Crippen LogP contribution in [-0.4, -0.2) is 23.8 Å². The number of nitrogens with one attached hydrogen (secondary N) is 1. The maximum Gasteiger partial charge on any atom is 0.407 e. The highest BCUT2D eigenvalue weighted by Gasteiger charge is 2.08. The molecule has 2 aromatic carbocycles. The monoisotopic (exact) mass is 340 g/mol. The molecule has 2 rings (SSSR count). The van der Waals surface area contributed by atoms with Crippen molar-refractivity contribution in [2.45, 2.75) is 6.61 Å². The van der Waals surface area contributed by atoms with Gasteiger partial charge in [0.1, 0.15) is 12.9 Å². The Balaban J connectivity index is 1.84. The lowest BCUT2D eigenvalue weighted by atomic mass is 10.1. The first-order valence-electron chi connectivity index (χ1n) is 7.44. The molecule has 0 bridgehead atoms. The molecule has 7 heteroatoms. The van der Waals surface area contributed by atoms with E-state index in [4.69, 9.17) is 4.74 Å². The maximum absolute atomic E-state index is 11.6. The molecule has 0 radical (unpaired) electrons. The number of carbonyl (C=O) groups is 2. The van der Waals surface area contributed by atoms with Gasteiger partial charge in [-0.25, -0.2) is 4.79 Å². The predicted octanol–water partition coefficient (Wildman–Crippen LogP) is 3.35. The summed E-state index contributed by atoms with van der Waals surface area (Å²) in [5, 5.41) is 13.4. The molecular weight excluding hydrogens is 324 g/mol. The van der Waals surface area contributed by atoms with Crippen molar-refractivity contribution in [3.05, 3.63) is 81.4 Å². The van der Waals surface area contributed by atoms with Gasteiger partial charge in [-0.2, -0.15) is 0 Å². The highest BCUT2D eigenvalue weighted by Crippen LogP contribution is 2.17. The molecule has 25 heavy (non-hydrogen) atoms. The molecule has 1 N–H and O–H groups in total. The minimum atomic E-state index is -0.568. The Morgan fingerprint density at radius 3 is 2.56 bits per heavy atom. The van der Waals surface area contributed by atoms with Crippen LogP contribution in [0.4, 0.5) is 10.5 Å². The highest BCUT2D eigenvalue weighted by atomic mass is 16.6. The number of alkyl carbamates (subject to hydrolysis) is 1. The molecule has 0 spiro atoms. The molecular formula is C18H16N2O5. The second-order valence-corrected chi connectivity index (χ2v) is 5.08. The number of non-ortho nitro benzene ring substituents is 1. The number of hydrogen-bond donors (Lipinski definition) is 1. The summed E-state index contributed by atoms with van der Waals surface area (Å²) in [7, 11) is 0. The zero-order valence-electron chi connectivity index (χ0n) is 13.3. The minimum absolute atomic E-state index is 0.167. The molecule has 0 aromatic heterocycles. The van der Waals surface area contributed by atoms with Crippen LogP contribution in [0.2, 0.25) is 0 Å². The van der Waals surface area contributed by atoms with Gasteiger partial charge < -0.3 is 10.1 Å². The van der Waals surface area contributed by atoms with E-state index >= 15 is 0 Å². The van der Waals surface area contributed by atoms with E-state index in [0.29, 0.717) is 11.8 Å². The van der Waals surface area contributed by atoms with Crippen LogP contribution in [0.5, 0.6) is 0 Å². The van der Waals surface area contributed by atoms with Crippen molar-refractivity contribution in [2.75, 3.05) is 6.54 Å². The van der Waals surface area contributed by atoms with Crippen LogP contribution in [0.25, 0.3) is 6.08 Å². The molecule has 0 atom stereocenters. The fourth-order valence-corrected chi connectivity index (χ4v) is 2.04. The molecule has 7 nitrogen and oxygen atoms in total. The summed E-state index contributed by atoms with van der Waals surface area (Å²) in [6, 6.07) is 13.3. The normalized spacial score (nSPS) is 10.4. The Hall–Kier alpha value is -3.48. The first-order chi connectivity index (χ1) is 12.1. The van der Waals surface area contributed by atoms with Gasteiger partial charge in [-0.15, -0.1) is 0 Å². The molecule has 0 aliphatic carbocycles. The number of nitro benzene ring substituents is 1. The lowest BCUT2D eigenvalue weighted by Crippen LogP contribution is -2.24. The van der Waals surface area contributed by atoms with Gasteiger partial charge in [0.15, 0.2) is 0 Å². The van der Waals surface area contributed by atoms with Crippen LogP contribution in [-0.2, 0) is 11.3 Å². The Labute approximate surface area is 144 Å². The van der Waals surface area contributed by atoms with Crippen molar-refractivity contribution in [1.82, 2.24) is 5.32 Å². The Morgan fingerprint density at radius 1 is 1.16 bits per heavy atom. The molecule has 1 amide bonds. The zero-order chi connectivity index (χ0) is 18.1. The van der Waals surface area contributed by atoms with E-state index in [9.17, 15) is 19.7 Å². The smallest absolute Gasteiger partial charge is 0.407 e. The van der Waals surface area contributed by atoms with E-state index in [1.54, 1.807) is 12.2 Å². The van der Waals surface area contributed by atoms with Crippen molar-refractivity contribution >= 4 is 24.1 Å². The lowest BCUT2D eigenvalue weighted by molar-refractivity contribution is -0.384. The number of aldehydes is 1. The van der Waals surface area contributed by atoms with Crippen molar-refractivity contribution in [2.24, 2.45) is 0 Å². The number of nitrogens with zero attached hydrogens (tertiary/aromatic N) is 1. The summed E-state index contributed by atoms with van der Waals surface area (Å²) in [6.07, 6.45) is 3.17. The van der Waals surface area contributed by atoms with Crippen LogP contribution < -0.4 is 5.32 Å². The highest BCUT2D eigenvalue weighted by molar-refractivity contribution is 5.78. The van der Waals surface area contributed by atoms with Crippen LogP contribution in [0.15, 0.2) is 54.6 Å². The molecule has 128 valence electrons. The summed E-state index contributed by atoms with van der Waals surface area (Å²) in [4.78, 5) is 32.6. The van der Waals surface area contributed by atoms with Crippen molar-refractivity contribution in [3.63, 3.8) is 0 Å². The topological polar surface area (TPSA) is 98.5 Å². The van der Waals surface area contributed by atoms with Crippen molar-refractivity contribution < 1.29 is 19.2 Å². The Kier molecular flexibility index (Phi) is 6.41. The van der Waals surface area contributed by atoms with E-state index in [2.05, 4.69) is 5.32 Å². The first kappa shape index (κ1) is 17.9. The third kappa shape index (κ3) is 5.91. The van der Waals surface area contributed by atoms with Crippen LogP contribution >= 0.6 is 0 Å². The molecule has 0 fully saturated rings. The lowest BCUT2D eigenvalue weighted by Gasteiger charge is -2.05. The third-order valence-corrected chi connectivity index (χ3v) is 3.20. The van der Waals surface area contributed by atoms with Gasteiger partial charge in [-0.3, -0.25) is 14.9 Å². The summed E-state index contributed by atoms with van der Waals surface area (Å²) < 4.78 is 5.05. The zero-order valence-corrected chi connectivity index (χ0v) is 13.3. The molecule has 2 aromatic rings. The maximum atomic E-state index is 11.6. The number of ether oxygens (including phenoxy) is 1. The fourth-order valence-electron chi connectivity index (χ4n) is 2.04. The van der Waals surface area contributed by atoms with Crippen molar-refractivity contribution in [3.8, 4) is 0 Å². The summed E-state index contributed by atoms with van der Waals surface area (Å²) in [5.41, 5.74) is 1.42. The average molecular weight is 340 g/mol. The number of nitro groups is 1.